The summed E-state index contributed by atoms with van der Waals surface area (Å²) in [6, 6.07) is 15.4. The van der Waals surface area contributed by atoms with Gasteiger partial charge in [0.15, 0.2) is 11.3 Å². The Kier molecular flexibility index (Phi) is 3.83. The van der Waals surface area contributed by atoms with Crippen LogP contribution < -0.4 is 4.90 Å². The number of pyridine rings is 1. The Hall–Kier alpha value is -3.26. The minimum atomic E-state index is -0.541. The van der Waals surface area contributed by atoms with Gasteiger partial charge in [0.25, 0.3) is 5.91 Å². The molecule has 0 spiro atoms. The zero-order valence-corrected chi connectivity index (χ0v) is 15.0. The number of carbonyl (C=O) groups excluding carboxylic acids is 1. The number of aromatic nitrogens is 2. The van der Waals surface area contributed by atoms with Crippen LogP contribution >= 0.6 is 11.8 Å². The molecule has 132 valence electrons. The molecule has 1 atom stereocenters. The molecule has 2 aliphatic rings. The fourth-order valence-corrected chi connectivity index (χ4v) is 3.94. The van der Waals surface area contributed by atoms with E-state index in [-0.39, 0.29) is 5.91 Å². The molecule has 2 aromatic heterocycles. The highest BCUT2D eigenvalue weighted by Crippen LogP contribution is 2.32. The maximum Gasteiger partial charge on any atom is 0.266 e. The summed E-state index contributed by atoms with van der Waals surface area (Å²) in [7, 11) is 0. The van der Waals surface area contributed by atoms with Gasteiger partial charge in [0.05, 0.1) is 23.2 Å². The molecule has 5 rings (SSSR count). The number of nitrogens with zero attached hydrogens (tertiary/aromatic N) is 6. The van der Waals surface area contributed by atoms with Crippen LogP contribution in [0.4, 0.5) is 5.69 Å². The summed E-state index contributed by atoms with van der Waals surface area (Å²) in [5.74, 6) is 0.462. The van der Waals surface area contributed by atoms with Gasteiger partial charge in [-0.15, -0.1) is 0 Å². The van der Waals surface area contributed by atoms with E-state index in [0.717, 1.165) is 17.0 Å². The normalized spacial score (nSPS) is 18.6. The molecule has 1 amide bonds. The van der Waals surface area contributed by atoms with E-state index in [1.54, 1.807) is 4.90 Å². The van der Waals surface area contributed by atoms with Gasteiger partial charge < -0.3 is 4.40 Å². The van der Waals surface area contributed by atoms with Gasteiger partial charge >= 0.3 is 0 Å². The quantitative estimate of drug-likeness (QED) is 0.702. The molecule has 0 fully saturated rings. The molecule has 3 aromatic rings. The van der Waals surface area contributed by atoms with E-state index in [2.05, 4.69) is 20.2 Å². The number of aliphatic imine (C=N–C) groups is 1. The predicted octanol–water partition coefficient (Wildman–Crippen LogP) is 3.65. The van der Waals surface area contributed by atoms with Gasteiger partial charge in [-0.05, 0) is 24.3 Å². The van der Waals surface area contributed by atoms with Crippen LogP contribution in [0.15, 0.2) is 87.9 Å². The molecule has 0 saturated heterocycles. The van der Waals surface area contributed by atoms with Crippen molar-refractivity contribution in [3.05, 3.63) is 78.4 Å². The fourth-order valence-electron chi connectivity index (χ4n) is 3.03. The van der Waals surface area contributed by atoms with Crippen LogP contribution in [0.25, 0.3) is 5.65 Å². The summed E-state index contributed by atoms with van der Waals surface area (Å²) in [6.45, 7) is 0. The smallest absolute Gasteiger partial charge is 0.266 e. The first-order valence-electron chi connectivity index (χ1n) is 8.42. The Bertz CT molecular complexity index is 1080. The Labute approximate surface area is 159 Å². The van der Waals surface area contributed by atoms with Crippen molar-refractivity contribution in [2.24, 2.45) is 15.2 Å². The average Bonchev–Trinajstić information content (AvgIpc) is 3.33. The van der Waals surface area contributed by atoms with Crippen molar-refractivity contribution in [3.8, 4) is 0 Å². The highest BCUT2D eigenvalue weighted by atomic mass is 32.2. The van der Waals surface area contributed by atoms with Gasteiger partial charge in [-0.2, -0.15) is 10.2 Å². The van der Waals surface area contributed by atoms with Gasteiger partial charge in [0, 0.05) is 18.1 Å². The summed E-state index contributed by atoms with van der Waals surface area (Å²) in [5.41, 5.74) is 3.08. The maximum absolute atomic E-state index is 13.0. The van der Waals surface area contributed by atoms with Crippen LogP contribution in [0, 0.1) is 0 Å². The van der Waals surface area contributed by atoms with Crippen molar-refractivity contribution in [3.63, 3.8) is 0 Å². The van der Waals surface area contributed by atoms with Gasteiger partial charge in [-0.1, -0.05) is 36.0 Å². The van der Waals surface area contributed by atoms with E-state index in [9.17, 15) is 4.79 Å². The molecule has 2 aliphatic heterocycles. The lowest BCUT2D eigenvalue weighted by Gasteiger charge is -2.29. The molecular weight excluding hydrogens is 360 g/mol. The minimum Gasteiger partial charge on any atom is -0.307 e. The first-order valence-corrected chi connectivity index (χ1v) is 9.41. The number of thioether (sulfide) groups is 1. The van der Waals surface area contributed by atoms with E-state index in [4.69, 9.17) is 0 Å². The lowest BCUT2D eigenvalue weighted by atomic mass is 10.1. The van der Waals surface area contributed by atoms with Crippen LogP contribution in [-0.4, -0.2) is 26.6 Å². The zero-order valence-electron chi connectivity index (χ0n) is 14.1. The number of amidine groups is 1. The third-order valence-corrected chi connectivity index (χ3v) is 5.29. The van der Waals surface area contributed by atoms with Crippen molar-refractivity contribution in [2.75, 3.05) is 4.90 Å². The van der Waals surface area contributed by atoms with E-state index >= 15 is 0 Å². The van der Waals surface area contributed by atoms with E-state index < -0.39 is 6.17 Å². The van der Waals surface area contributed by atoms with E-state index in [1.807, 2.05) is 65.3 Å². The second kappa shape index (κ2) is 6.48. The van der Waals surface area contributed by atoms with Gasteiger partial charge in [0.2, 0.25) is 0 Å². The highest BCUT2D eigenvalue weighted by Gasteiger charge is 2.36. The molecule has 0 bridgehead atoms. The first-order chi connectivity index (χ1) is 13.3. The number of imidazole rings is 1. The molecule has 0 radical (unpaired) electrons. The highest BCUT2D eigenvalue weighted by molar-refractivity contribution is 8.13. The monoisotopic (exact) mass is 374 g/mol. The van der Waals surface area contributed by atoms with Crippen LogP contribution in [0.5, 0.6) is 0 Å². The molecule has 8 heteroatoms. The molecule has 1 unspecified atom stereocenters. The molecule has 4 heterocycles. The number of hydrogen-bond donors (Lipinski definition) is 0. The number of para-hydroxylation sites is 1. The Morgan fingerprint density at radius 1 is 1.07 bits per heavy atom. The second-order valence-electron chi connectivity index (χ2n) is 6.06. The van der Waals surface area contributed by atoms with Crippen molar-refractivity contribution in [1.82, 2.24) is 9.38 Å². The maximum atomic E-state index is 13.0. The van der Waals surface area contributed by atoms with Crippen molar-refractivity contribution in [1.29, 1.82) is 0 Å². The molecular formula is C19H14N6OS. The summed E-state index contributed by atoms with van der Waals surface area (Å²) >= 11 is 1.47. The van der Waals surface area contributed by atoms with Crippen molar-refractivity contribution in [2.45, 2.75) is 11.9 Å². The molecule has 1 aromatic carbocycles. The zero-order chi connectivity index (χ0) is 18.2. The summed E-state index contributed by atoms with van der Waals surface area (Å²) in [5, 5.41) is 8.51. The number of rotatable bonds is 3. The van der Waals surface area contributed by atoms with Gasteiger partial charge in [-0.25, -0.2) is 9.98 Å². The van der Waals surface area contributed by atoms with Gasteiger partial charge in [0.1, 0.15) is 5.65 Å². The number of amides is 1. The van der Waals surface area contributed by atoms with Crippen LogP contribution in [0.1, 0.15) is 5.69 Å². The summed E-state index contributed by atoms with van der Waals surface area (Å²) in [4.78, 5) is 23.9. The summed E-state index contributed by atoms with van der Waals surface area (Å²) in [6.07, 6.45) is 4.91. The molecule has 27 heavy (non-hydrogen) atoms. The largest absolute Gasteiger partial charge is 0.307 e. The number of hydrogen-bond acceptors (Lipinski definition) is 6. The van der Waals surface area contributed by atoms with Crippen molar-refractivity contribution < 1.29 is 4.79 Å². The van der Waals surface area contributed by atoms with Crippen LogP contribution in [-0.2, 0) is 10.5 Å². The Balaban J connectivity index is 1.46. The van der Waals surface area contributed by atoms with Crippen LogP contribution in [0.3, 0.4) is 0 Å². The number of benzene rings is 1. The number of azo groups is 1. The Morgan fingerprint density at radius 2 is 1.93 bits per heavy atom. The number of anilines is 1. The molecule has 0 aliphatic carbocycles. The lowest BCUT2D eigenvalue weighted by Crippen LogP contribution is -2.42. The first kappa shape index (κ1) is 16.0. The lowest BCUT2D eigenvalue weighted by molar-refractivity contribution is -0.114. The predicted molar refractivity (Wildman–Crippen MR) is 105 cm³/mol. The third kappa shape index (κ3) is 2.83. The topological polar surface area (TPSA) is 74.7 Å². The van der Waals surface area contributed by atoms with Gasteiger partial charge in [-0.3, -0.25) is 9.69 Å². The summed E-state index contributed by atoms with van der Waals surface area (Å²) < 4.78 is 1.98. The van der Waals surface area contributed by atoms with Crippen LogP contribution in [0.2, 0.25) is 0 Å². The average molecular weight is 374 g/mol. The van der Waals surface area contributed by atoms with E-state index in [0.29, 0.717) is 16.5 Å². The molecule has 7 nitrogen and oxygen atoms in total. The van der Waals surface area contributed by atoms with E-state index in [1.165, 1.54) is 18.0 Å². The van der Waals surface area contributed by atoms with Crippen molar-refractivity contribution >= 4 is 34.2 Å². The molecule has 0 saturated carbocycles. The number of fused-ring (bicyclic) bond motifs is 2. The number of carbonyl (C=O) groups is 1. The third-order valence-electron chi connectivity index (χ3n) is 4.30. The molecule has 0 N–H and O–H groups in total. The second-order valence-corrected chi connectivity index (χ2v) is 7.01. The minimum absolute atomic E-state index is 0.135. The fraction of sp³-hybridized carbons (Fsp3) is 0.105. The Morgan fingerprint density at radius 3 is 2.78 bits per heavy atom. The SMILES string of the molecule is O=C1C2=CN=NC2N=C(SCc2cn3ccccc3n2)N1c1ccccc1. The standard InChI is InChI=1S/C19H14N6OS/c26-18-15-10-20-23-17(15)22-19(25(18)14-6-2-1-3-7-14)27-12-13-11-24-9-5-4-8-16(24)21-13/h1-11,17H,12H2.